The van der Waals surface area contributed by atoms with Gasteiger partial charge in [-0.15, -0.1) is 0 Å². The molecule has 0 aliphatic carbocycles. The third-order valence-corrected chi connectivity index (χ3v) is 2.86. The molecule has 6 heteroatoms. The molecule has 2 N–H and O–H groups in total. The van der Waals surface area contributed by atoms with E-state index in [0.29, 0.717) is 22.4 Å². The number of hydrogen-bond acceptors (Lipinski definition) is 4. The number of aromatic hydroxyl groups is 1. The Morgan fingerprint density at radius 3 is 2.43 bits per heavy atom. The molecule has 0 amide bonds. The van der Waals surface area contributed by atoms with Gasteiger partial charge in [0.25, 0.3) is 0 Å². The Balaban J connectivity index is 2.25. The van der Waals surface area contributed by atoms with Gasteiger partial charge in [-0.05, 0) is 33.6 Å². The average molecular weight is 334 g/mol. The van der Waals surface area contributed by atoms with Gasteiger partial charge in [-0.25, -0.2) is 0 Å². The number of halogens is 2. The maximum absolute atomic E-state index is 9.32. The van der Waals surface area contributed by atoms with Crippen LogP contribution in [0.15, 0.2) is 24.4 Å². The SMILES string of the molecule is CC(C)(C)ONC=CCCCOc1c(Cl)cc(O)cc1Cl. The molecule has 0 fully saturated rings. The lowest BCUT2D eigenvalue weighted by Crippen LogP contribution is -2.25. The van der Waals surface area contributed by atoms with Crippen LogP contribution in [0.2, 0.25) is 10.0 Å². The first-order valence-corrected chi connectivity index (χ1v) is 7.44. The van der Waals surface area contributed by atoms with E-state index in [1.807, 2.05) is 26.8 Å². The second-order valence-corrected chi connectivity index (χ2v) is 6.28. The average Bonchev–Trinajstić information content (AvgIpc) is 2.33. The molecule has 0 aliphatic rings. The van der Waals surface area contributed by atoms with Crippen LogP contribution in [0, 0.1) is 0 Å². The number of hydrogen-bond donors (Lipinski definition) is 2. The number of rotatable bonds is 7. The van der Waals surface area contributed by atoms with Crippen LogP contribution in [0.3, 0.4) is 0 Å². The molecule has 0 saturated heterocycles. The molecule has 4 nitrogen and oxygen atoms in total. The number of unbranched alkanes of at least 4 members (excludes halogenated alkanes) is 1. The summed E-state index contributed by atoms with van der Waals surface area (Å²) in [6.45, 7) is 6.38. The van der Waals surface area contributed by atoms with Crippen molar-refractivity contribution in [3.05, 3.63) is 34.5 Å². The molecule has 118 valence electrons. The van der Waals surface area contributed by atoms with E-state index >= 15 is 0 Å². The van der Waals surface area contributed by atoms with E-state index in [1.165, 1.54) is 12.1 Å². The van der Waals surface area contributed by atoms with Gasteiger partial charge in [0.2, 0.25) is 0 Å². The number of hydroxylamine groups is 1. The zero-order valence-electron chi connectivity index (χ0n) is 12.5. The monoisotopic (exact) mass is 333 g/mol. The fourth-order valence-electron chi connectivity index (χ4n) is 1.40. The van der Waals surface area contributed by atoms with Gasteiger partial charge in [-0.3, -0.25) is 10.3 Å². The molecule has 0 atom stereocenters. The first-order valence-electron chi connectivity index (χ1n) is 6.69. The standard InChI is InChI=1S/C15H21Cl2NO3/c1-15(2,3)21-18-7-5-4-6-8-20-14-12(16)9-11(19)10-13(14)17/h5,7,9-10,18-19H,4,6,8H2,1-3H3. The molecule has 0 radical (unpaired) electrons. The Bertz CT molecular complexity index is 461. The molecular formula is C15H21Cl2NO3. The van der Waals surface area contributed by atoms with E-state index in [-0.39, 0.29) is 11.4 Å². The van der Waals surface area contributed by atoms with Crippen LogP contribution in [0.4, 0.5) is 0 Å². The highest BCUT2D eigenvalue weighted by Crippen LogP contribution is 2.36. The largest absolute Gasteiger partial charge is 0.508 e. The molecule has 1 rings (SSSR count). The summed E-state index contributed by atoms with van der Waals surface area (Å²) >= 11 is 11.9. The summed E-state index contributed by atoms with van der Waals surface area (Å²) in [6.07, 6.45) is 5.34. The van der Waals surface area contributed by atoms with Crippen molar-refractivity contribution >= 4 is 23.2 Å². The summed E-state index contributed by atoms with van der Waals surface area (Å²) < 4.78 is 5.52. The lowest BCUT2D eigenvalue weighted by Gasteiger charge is -2.17. The predicted molar refractivity (Wildman–Crippen MR) is 86.0 cm³/mol. The number of phenols is 1. The summed E-state index contributed by atoms with van der Waals surface area (Å²) in [7, 11) is 0. The highest BCUT2D eigenvalue weighted by Gasteiger charge is 2.09. The minimum absolute atomic E-state index is 0.0187. The van der Waals surface area contributed by atoms with Crippen LogP contribution >= 0.6 is 23.2 Å². The minimum atomic E-state index is -0.222. The zero-order chi connectivity index (χ0) is 15.9. The van der Waals surface area contributed by atoms with Gasteiger partial charge in [0.05, 0.1) is 22.3 Å². The predicted octanol–water partition coefficient (Wildman–Crippen LogP) is 4.69. The Kier molecular flexibility index (Phi) is 7.15. The fourth-order valence-corrected chi connectivity index (χ4v) is 1.99. The van der Waals surface area contributed by atoms with Crippen molar-refractivity contribution in [2.45, 2.75) is 39.2 Å². The lowest BCUT2D eigenvalue weighted by molar-refractivity contribution is -0.0522. The molecule has 0 unspecified atom stereocenters. The van der Waals surface area contributed by atoms with Crippen LogP contribution in [0.5, 0.6) is 11.5 Å². The lowest BCUT2D eigenvalue weighted by atomic mass is 10.2. The number of benzene rings is 1. The van der Waals surface area contributed by atoms with Crippen molar-refractivity contribution < 1.29 is 14.7 Å². The third kappa shape index (κ3) is 7.46. The van der Waals surface area contributed by atoms with E-state index < -0.39 is 0 Å². The van der Waals surface area contributed by atoms with Gasteiger partial charge in [-0.2, -0.15) is 0 Å². The first-order chi connectivity index (χ1) is 9.79. The van der Waals surface area contributed by atoms with Gasteiger partial charge in [0.15, 0.2) is 5.75 Å². The summed E-state index contributed by atoms with van der Waals surface area (Å²) in [6, 6.07) is 2.80. The molecule has 1 aromatic rings. The van der Waals surface area contributed by atoms with Crippen molar-refractivity contribution in [3.8, 4) is 11.5 Å². The molecule has 0 spiro atoms. The number of allylic oxidation sites excluding steroid dienone is 1. The topological polar surface area (TPSA) is 50.7 Å². The van der Waals surface area contributed by atoms with Crippen molar-refractivity contribution in [1.29, 1.82) is 0 Å². The van der Waals surface area contributed by atoms with Crippen molar-refractivity contribution in [3.63, 3.8) is 0 Å². The number of phenolic OH excluding ortho intramolecular Hbond substituents is 1. The summed E-state index contributed by atoms with van der Waals surface area (Å²) in [5.41, 5.74) is 2.54. The van der Waals surface area contributed by atoms with Crippen LogP contribution in [-0.4, -0.2) is 17.3 Å². The van der Waals surface area contributed by atoms with E-state index in [4.69, 9.17) is 32.8 Å². The summed E-state index contributed by atoms with van der Waals surface area (Å²) in [4.78, 5) is 5.32. The molecule has 0 aliphatic heterocycles. The van der Waals surface area contributed by atoms with Gasteiger partial charge in [0.1, 0.15) is 5.75 Å². The van der Waals surface area contributed by atoms with E-state index in [1.54, 1.807) is 6.20 Å². The van der Waals surface area contributed by atoms with Crippen molar-refractivity contribution in [2.24, 2.45) is 0 Å². The van der Waals surface area contributed by atoms with E-state index in [2.05, 4.69) is 5.48 Å². The quantitative estimate of drug-likeness (QED) is 0.561. The van der Waals surface area contributed by atoms with E-state index in [9.17, 15) is 5.11 Å². The molecule has 0 aromatic heterocycles. The molecule has 21 heavy (non-hydrogen) atoms. The molecule has 0 saturated carbocycles. The zero-order valence-corrected chi connectivity index (χ0v) is 14.0. The molecular weight excluding hydrogens is 313 g/mol. The normalized spacial score (nSPS) is 11.9. The Labute approximate surface area is 135 Å². The maximum Gasteiger partial charge on any atom is 0.156 e. The second-order valence-electron chi connectivity index (χ2n) is 5.46. The van der Waals surface area contributed by atoms with Crippen molar-refractivity contribution in [1.82, 2.24) is 5.48 Å². The maximum atomic E-state index is 9.32. The smallest absolute Gasteiger partial charge is 0.156 e. The molecule has 1 aromatic carbocycles. The molecule has 0 bridgehead atoms. The summed E-state index contributed by atoms with van der Waals surface area (Å²) in [5, 5.41) is 9.92. The fraction of sp³-hybridized carbons (Fsp3) is 0.467. The summed E-state index contributed by atoms with van der Waals surface area (Å²) in [5.74, 6) is 0.416. The third-order valence-electron chi connectivity index (χ3n) is 2.30. The van der Waals surface area contributed by atoms with Crippen LogP contribution in [0.1, 0.15) is 33.6 Å². The van der Waals surface area contributed by atoms with Crippen molar-refractivity contribution in [2.75, 3.05) is 6.61 Å². The van der Waals surface area contributed by atoms with Gasteiger partial charge in [-0.1, -0.05) is 29.3 Å². The van der Waals surface area contributed by atoms with E-state index in [0.717, 1.165) is 12.8 Å². The Morgan fingerprint density at radius 2 is 1.86 bits per heavy atom. The first kappa shape index (κ1) is 18.0. The Hall–Kier alpha value is -1.10. The highest BCUT2D eigenvalue weighted by atomic mass is 35.5. The van der Waals surface area contributed by atoms with Gasteiger partial charge < -0.3 is 9.84 Å². The molecule has 0 heterocycles. The Morgan fingerprint density at radius 1 is 1.24 bits per heavy atom. The van der Waals surface area contributed by atoms with Crippen LogP contribution in [-0.2, 0) is 4.84 Å². The second kappa shape index (κ2) is 8.37. The minimum Gasteiger partial charge on any atom is -0.508 e. The van der Waals surface area contributed by atoms with Gasteiger partial charge >= 0.3 is 0 Å². The van der Waals surface area contributed by atoms with Crippen LogP contribution in [0.25, 0.3) is 0 Å². The number of ether oxygens (including phenoxy) is 1. The number of nitrogens with one attached hydrogen (secondary N) is 1. The highest BCUT2D eigenvalue weighted by molar-refractivity contribution is 6.37. The van der Waals surface area contributed by atoms with Gasteiger partial charge in [0, 0.05) is 18.3 Å². The van der Waals surface area contributed by atoms with Crippen LogP contribution < -0.4 is 10.2 Å².